The van der Waals surface area contributed by atoms with Crippen LogP contribution in [0.1, 0.15) is 46.5 Å². The Bertz CT molecular complexity index is 129. The molecule has 1 unspecified atom stereocenters. The molecule has 92 valence electrons. The normalized spacial score (nSPS) is 14.2. The van der Waals surface area contributed by atoms with E-state index in [4.69, 9.17) is 11.6 Å². The van der Waals surface area contributed by atoms with Gasteiger partial charge in [-0.05, 0) is 19.5 Å². The van der Waals surface area contributed by atoms with Crippen LogP contribution >= 0.6 is 11.6 Å². The zero-order chi connectivity index (χ0) is 11.5. The standard InChI is InChI=1S/C12H28ClNSi/c1-4-7-10-15-11-8-9-12(13)14(5-2)6-3/h12H,4-11,15H2,1-3H3. The van der Waals surface area contributed by atoms with Crippen LogP contribution in [0.4, 0.5) is 0 Å². The van der Waals surface area contributed by atoms with Gasteiger partial charge in [-0.25, -0.2) is 0 Å². The number of rotatable bonds is 10. The largest absolute Gasteiger partial charge is 0.288 e. The lowest BCUT2D eigenvalue weighted by Gasteiger charge is -2.24. The number of halogens is 1. The van der Waals surface area contributed by atoms with Gasteiger partial charge in [-0.1, -0.05) is 52.1 Å². The lowest BCUT2D eigenvalue weighted by atomic mass is 10.3. The third-order valence-corrected chi connectivity index (χ3v) is 5.50. The van der Waals surface area contributed by atoms with Crippen LogP contribution in [-0.4, -0.2) is 33.0 Å². The van der Waals surface area contributed by atoms with Crippen LogP contribution in [0, 0.1) is 0 Å². The molecule has 0 heterocycles. The molecular weight excluding hydrogens is 222 g/mol. The fourth-order valence-corrected chi connectivity index (χ4v) is 4.18. The molecule has 1 nitrogen and oxygen atoms in total. The molecule has 0 N–H and O–H groups in total. The average molecular weight is 250 g/mol. The second-order valence-corrected chi connectivity index (χ2v) is 6.84. The first-order valence-electron chi connectivity index (χ1n) is 6.64. The van der Waals surface area contributed by atoms with E-state index in [1.165, 1.54) is 37.8 Å². The quantitative estimate of drug-likeness (QED) is 0.248. The molecular formula is C12H28ClNSi. The van der Waals surface area contributed by atoms with Crippen molar-refractivity contribution in [2.24, 2.45) is 0 Å². The Balaban J connectivity index is 3.33. The van der Waals surface area contributed by atoms with Crippen LogP contribution in [-0.2, 0) is 0 Å². The van der Waals surface area contributed by atoms with Crippen LogP contribution in [0.15, 0.2) is 0 Å². The first kappa shape index (κ1) is 15.5. The molecule has 0 saturated carbocycles. The molecule has 0 spiro atoms. The molecule has 0 radical (unpaired) electrons. The molecule has 0 fully saturated rings. The molecule has 0 bridgehead atoms. The lowest BCUT2D eigenvalue weighted by Crippen LogP contribution is -2.30. The zero-order valence-corrected chi connectivity index (χ0v) is 12.9. The summed E-state index contributed by atoms with van der Waals surface area (Å²) in [4.78, 5) is 2.34. The summed E-state index contributed by atoms with van der Waals surface area (Å²) in [5.74, 6) is 0. The van der Waals surface area contributed by atoms with Gasteiger partial charge in [-0.2, -0.15) is 0 Å². The van der Waals surface area contributed by atoms with Crippen LogP contribution in [0.25, 0.3) is 0 Å². The SMILES string of the molecule is CCCC[SiH2]CCCC(Cl)N(CC)CC. The first-order valence-corrected chi connectivity index (χ1v) is 9.07. The Labute approximate surface area is 103 Å². The Morgan fingerprint density at radius 3 is 2.20 bits per heavy atom. The van der Waals surface area contributed by atoms with E-state index in [-0.39, 0.29) is 15.0 Å². The van der Waals surface area contributed by atoms with Crippen molar-refractivity contribution in [3.8, 4) is 0 Å². The van der Waals surface area contributed by atoms with Gasteiger partial charge in [0.15, 0.2) is 0 Å². The summed E-state index contributed by atoms with van der Waals surface area (Å²) in [7, 11) is 0.243. The molecule has 0 amide bonds. The summed E-state index contributed by atoms with van der Waals surface area (Å²) in [5, 5.41) is 0. The highest BCUT2D eigenvalue weighted by Gasteiger charge is 2.10. The number of unbranched alkanes of at least 4 members (excludes halogenated alkanes) is 1. The highest BCUT2D eigenvalue weighted by Crippen LogP contribution is 2.13. The minimum Gasteiger partial charge on any atom is -0.288 e. The summed E-state index contributed by atoms with van der Waals surface area (Å²) in [5.41, 5.74) is 0.278. The molecule has 0 aromatic heterocycles. The minimum atomic E-state index is 0.243. The summed E-state index contributed by atoms with van der Waals surface area (Å²) in [6.07, 6.45) is 5.35. The van der Waals surface area contributed by atoms with Gasteiger partial charge in [0.1, 0.15) is 0 Å². The van der Waals surface area contributed by atoms with Gasteiger partial charge in [0.2, 0.25) is 0 Å². The van der Waals surface area contributed by atoms with Crippen molar-refractivity contribution >= 4 is 21.1 Å². The van der Waals surface area contributed by atoms with Crippen molar-refractivity contribution in [2.45, 2.75) is 64.0 Å². The summed E-state index contributed by atoms with van der Waals surface area (Å²) in [6, 6.07) is 3.03. The zero-order valence-electron chi connectivity index (χ0n) is 10.8. The van der Waals surface area contributed by atoms with Crippen molar-refractivity contribution in [1.29, 1.82) is 0 Å². The Hall–Kier alpha value is 0.467. The molecule has 15 heavy (non-hydrogen) atoms. The molecule has 0 rings (SSSR count). The van der Waals surface area contributed by atoms with E-state index >= 15 is 0 Å². The van der Waals surface area contributed by atoms with E-state index in [0.717, 1.165) is 13.1 Å². The van der Waals surface area contributed by atoms with E-state index in [1.807, 2.05) is 0 Å². The van der Waals surface area contributed by atoms with Crippen LogP contribution in [0.3, 0.4) is 0 Å². The molecule has 0 aromatic carbocycles. The molecule has 0 aliphatic heterocycles. The Morgan fingerprint density at radius 2 is 1.67 bits per heavy atom. The van der Waals surface area contributed by atoms with E-state index in [2.05, 4.69) is 25.7 Å². The maximum Gasteiger partial charge on any atom is 0.0850 e. The monoisotopic (exact) mass is 249 g/mol. The van der Waals surface area contributed by atoms with Crippen molar-refractivity contribution in [1.82, 2.24) is 4.90 Å². The van der Waals surface area contributed by atoms with Crippen LogP contribution < -0.4 is 0 Å². The minimum absolute atomic E-state index is 0.243. The maximum absolute atomic E-state index is 6.33. The molecule has 0 aliphatic carbocycles. The van der Waals surface area contributed by atoms with Gasteiger partial charge < -0.3 is 0 Å². The average Bonchev–Trinajstić information content (AvgIpc) is 2.25. The highest BCUT2D eigenvalue weighted by atomic mass is 35.5. The van der Waals surface area contributed by atoms with Gasteiger partial charge in [-0.3, -0.25) is 4.90 Å². The third kappa shape index (κ3) is 8.29. The second-order valence-electron chi connectivity index (χ2n) is 4.21. The number of alkyl halides is 1. The predicted octanol–water partition coefficient (Wildman–Crippen LogP) is 3.48. The van der Waals surface area contributed by atoms with Gasteiger partial charge in [0.25, 0.3) is 0 Å². The molecule has 1 atom stereocenters. The fourth-order valence-electron chi connectivity index (χ4n) is 1.90. The number of hydrogen-bond acceptors (Lipinski definition) is 1. The molecule has 0 aromatic rings. The number of nitrogens with zero attached hydrogens (tertiary/aromatic N) is 1. The van der Waals surface area contributed by atoms with Gasteiger partial charge in [-0.15, -0.1) is 11.6 Å². The van der Waals surface area contributed by atoms with E-state index in [0.29, 0.717) is 0 Å². The molecule has 0 saturated heterocycles. The highest BCUT2D eigenvalue weighted by molar-refractivity contribution is 6.35. The van der Waals surface area contributed by atoms with Crippen molar-refractivity contribution < 1.29 is 0 Å². The molecule has 0 aliphatic rings. The molecule has 3 heteroatoms. The topological polar surface area (TPSA) is 3.24 Å². The second kappa shape index (κ2) is 11.0. The van der Waals surface area contributed by atoms with Gasteiger partial charge in [0.05, 0.1) is 5.50 Å². The van der Waals surface area contributed by atoms with Crippen LogP contribution in [0.2, 0.25) is 12.1 Å². The maximum atomic E-state index is 6.33. The van der Waals surface area contributed by atoms with E-state index in [9.17, 15) is 0 Å². The fraction of sp³-hybridized carbons (Fsp3) is 1.00. The predicted molar refractivity (Wildman–Crippen MR) is 74.9 cm³/mol. The van der Waals surface area contributed by atoms with Crippen LogP contribution in [0.5, 0.6) is 0 Å². The van der Waals surface area contributed by atoms with Gasteiger partial charge in [0, 0.05) is 9.52 Å². The summed E-state index contributed by atoms with van der Waals surface area (Å²) >= 11 is 6.33. The van der Waals surface area contributed by atoms with E-state index < -0.39 is 0 Å². The Morgan fingerprint density at radius 1 is 1.07 bits per heavy atom. The van der Waals surface area contributed by atoms with E-state index in [1.54, 1.807) is 0 Å². The smallest absolute Gasteiger partial charge is 0.0850 e. The summed E-state index contributed by atoms with van der Waals surface area (Å²) < 4.78 is 0. The first-order chi connectivity index (χ1) is 7.26. The van der Waals surface area contributed by atoms with Crippen molar-refractivity contribution in [3.63, 3.8) is 0 Å². The van der Waals surface area contributed by atoms with Gasteiger partial charge >= 0.3 is 0 Å². The van der Waals surface area contributed by atoms with Crippen molar-refractivity contribution in [2.75, 3.05) is 13.1 Å². The summed E-state index contributed by atoms with van der Waals surface area (Å²) in [6.45, 7) is 8.82. The Kier molecular flexibility index (Phi) is 11.3. The third-order valence-electron chi connectivity index (χ3n) is 3.00. The van der Waals surface area contributed by atoms with Crippen molar-refractivity contribution in [3.05, 3.63) is 0 Å². The lowest BCUT2D eigenvalue weighted by molar-refractivity contribution is 0.267. The number of hydrogen-bond donors (Lipinski definition) is 0.